The van der Waals surface area contributed by atoms with Gasteiger partial charge in [-0.3, -0.25) is 4.79 Å². The lowest BCUT2D eigenvalue weighted by molar-refractivity contribution is -0.104. The quantitative estimate of drug-likeness (QED) is 0.360. The predicted molar refractivity (Wildman–Crippen MR) is 42.3 cm³/mol. The van der Waals surface area contributed by atoms with Crippen LogP contribution in [-0.2, 0) is 4.79 Å². The molecule has 56 valence electrons. The van der Waals surface area contributed by atoms with Crippen LogP contribution in [0, 0.1) is 11.8 Å². The Labute approximate surface area is 70.0 Å². The molecule has 0 aromatic heterocycles. The van der Waals surface area contributed by atoms with Gasteiger partial charge in [0.2, 0.25) is 0 Å². The molecule has 1 fully saturated rings. The van der Waals surface area contributed by atoms with Crippen LogP contribution in [0.3, 0.4) is 0 Å². The van der Waals surface area contributed by atoms with Gasteiger partial charge in [0.15, 0.2) is 0 Å². The summed E-state index contributed by atoms with van der Waals surface area (Å²) in [7, 11) is 0. The van der Waals surface area contributed by atoms with Crippen LogP contribution in [0.15, 0.2) is 12.2 Å². The van der Waals surface area contributed by atoms with Crippen molar-refractivity contribution in [2.75, 3.05) is 0 Å². The molecule has 0 radical (unpaired) electrons. The maximum Gasteiger partial charge on any atom is 0.142 e. The Bertz CT molecular complexity index is 174. The van der Waals surface area contributed by atoms with E-state index in [0.29, 0.717) is 0 Å². The van der Waals surface area contributed by atoms with Crippen molar-refractivity contribution in [1.82, 2.24) is 0 Å². The van der Waals surface area contributed by atoms with Crippen molar-refractivity contribution in [3.8, 4) is 0 Å². The molecule has 1 aliphatic carbocycles. The van der Waals surface area contributed by atoms with Gasteiger partial charge in [-0.1, -0.05) is 13.0 Å². The van der Waals surface area contributed by atoms with E-state index in [-0.39, 0.29) is 11.8 Å². The first-order valence-electron chi connectivity index (χ1n) is 3.10. The van der Waals surface area contributed by atoms with Crippen LogP contribution in [0.2, 0.25) is 0 Å². The lowest BCUT2D eigenvalue weighted by Crippen LogP contribution is -1.86. The maximum atomic E-state index is 9.88. The minimum absolute atomic E-state index is 0.154. The molecular formula is C7H8Cl2O. The van der Waals surface area contributed by atoms with Gasteiger partial charge in [-0.15, -0.1) is 23.2 Å². The topological polar surface area (TPSA) is 17.1 Å². The number of halogens is 2. The van der Waals surface area contributed by atoms with E-state index in [4.69, 9.17) is 23.2 Å². The highest BCUT2D eigenvalue weighted by molar-refractivity contribution is 6.51. The molecule has 0 amide bonds. The number of carbonyl (C=O) groups is 1. The van der Waals surface area contributed by atoms with E-state index in [0.717, 1.165) is 6.29 Å². The minimum atomic E-state index is -0.625. The fourth-order valence-corrected chi connectivity index (χ4v) is 1.64. The van der Waals surface area contributed by atoms with Gasteiger partial charge in [0.1, 0.15) is 10.6 Å². The summed E-state index contributed by atoms with van der Waals surface area (Å²) in [6.45, 7) is 1.96. The van der Waals surface area contributed by atoms with Gasteiger partial charge < -0.3 is 0 Å². The smallest absolute Gasteiger partial charge is 0.142 e. The van der Waals surface area contributed by atoms with Gasteiger partial charge in [-0.2, -0.15) is 0 Å². The van der Waals surface area contributed by atoms with Gasteiger partial charge in [0, 0.05) is 5.92 Å². The van der Waals surface area contributed by atoms with E-state index >= 15 is 0 Å². The highest BCUT2D eigenvalue weighted by atomic mass is 35.5. The molecule has 3 heteroatoms. The van der Waals surface area contributed by atoms with Gasteiger partial charge in [0.25, 0.3) is 0 Å². The molecule has 10 heavy (non-hydrogen) atoms. The molecule has 0 aromatic rings. The van der Waals surface area contributed by atoms with Crippen LogP contribution >= 0.6 is 23.2 Å². The molecule has 2 unspecified atom stereocenters. The summed E-state index contributed by atoms with van der Waals surface area (Å²) in [6.07, 6.45) is 3.92. The van der Waals surface area contributed by atoms with Crippen LogP contribution in [0.25, 0.3) is 0 Å². The first-order chi connectivity index (χ1) is 4.60. The van der Waals surface area contributed by atoms with E-state index < -0.39 is 4.33 Å². The Morgan fingerprint density at radius 3 is 2.30 bits per heavy atom. The van der Waals surface area contributed by atoms with Crippen LogP contribution in [-0.4, -0.2) is 10.6 Å². The largest absolute Gasteiger partial charge is 0.299 e. The first kappa shape index (κ1) is 8.09. The highest BCUT2D eigenvalue weighted by Gasteiger charge is 2.58. The third-order valence-corrected chi connectivity index (χ3v) is 3.07. The van der Waals surface area contributed by atoms with Gasteiger partial charge in [0.05, 0.1) is 0 Å². The molecule has 0 heterocycles. The molecule has 1 rings (SSSR count). The van der Waals surface area contributed by atoms with Gasteiger partial charge >= 0.3 is 0 Å². The number of aldehydes is 1. The third kappa shape index (κ3) is 1.21. The highest BCUT2D eigenvalue weighted by Crippen LogP contribution is 2.59. The molecule has 0 aliphatic heterocycles. The second-order valence-electron chi connectivity index (χ2n) is 2.51. The molecule has 1 nitrogen and oxygen atoms in total. The molecule has 0 saturated heterocycles. The van der Waals surface area contributed by atoms with Crippen molar-refractivity contribution >= 4 is 29.5 Å². The standard InChI is InChI=1S/C7H8Cl2O/c1-5-6(3-2-4-10)7(5,8)9/h2-6H,1H3. The summed E-state index contributed by atoms with van der Waals surface area (Å²) in [6, 6.07) is 0. The molecule has 2 atom stereocenters. The Kier molecular flexibility index (Phi) is 2.07. The number of rotatable bonds is 2. The molecule has 0 bridgehead atoms. The summed E-state index contributed by atoms with van der Waals surface area (Å²) in [5, 5.41) is 0. The number of alkyl halides is 2. The molecule has 1 aliphatic rings. The summed E-state index contributed by atoms with van der Waals surface area (Å²) >= 11 is 11.6. The lowest BCUT2D eigenvalue weighted by Gasteiger charge is -1.88. The van der Waals surface area contributed by atoms with E-state index in [1.807, 2.05) is 6.92 Å². The predicted octanol–water partition coefficient (Wildman–Crippen LogP) is 2.18. The van der Waals surface area contributed by atoms with Crippen LogP contribution in [0.1, 0.15) is 6.92 Å². The lowest BCUT2D eigenvalue weighted by atomic mass is 10.3. The SMILES string of the molecule is CC1C(C=CC=O)C1(Cl)Cl. The van der Waals surface area contributed by atoms with Crippen LogP contribution < -0.4 is 0 Å². The Morgan fingerprint density at radius 1 is 1.50 bits per heavy atom. The Balaban J connectivity index is 2.49. The molecule has 0 spiro atoms. The second kappa shape index (κ2) is 2.55. The molecular weight excluding hydrogens is 171 g/mol. The van der Waals surface area contributed by atoms with Crippen molar-refractivity contribution in [2.45, 2.75) is 11.3 Å². The third-order valence-electron chi connectivity index (χ3n) is 1.88. The average Bonchev–Trinajstić information content (AvgIpc) is 2.31. The molecule has 1 saturated carbocycles. The fourth-order valence-electron chi connectivity index (χ4n) is 0.970. The average molecular weight is 179 g/mol. The molecule has 0 N–H and O–H groups in total. The van der Waals surface area contributed by atoms with E-state index in [1.165, 1.54) is 6.08 Å². The van der Waals surface area contributed by atoms with Crippen molar-refractivity contribution in [3.05, 3.63) is 12.2 Å². The zero-order valence-electron chi connectivity index (χ0n) is 5.55. The van der Waals surface area contributed by atoms with Gasteiger partial charge in [-0.05, 0) is 12.0 Å². The number of hydrogen-bond acceptors (Lipinski definition) is 1. The number of hydrogen-bond donors (Lipinski definition) is 0. The van der Waals surface area contributed by atoms with Crippen LogP contribution in [0.5, 0.6) is 0 Å². The number of carbonyl (C=O) groups excluding carboxylic acids is 1. The monoisotopic (exact) mass is 178 g/mol. The minimum Gasteiger partial charge on any atom is -0.299 e. The zero-order valence-corrected chi connectivity index (χ0v) is 7.06. The first-order valence-corrected chi connectivity index (χ1v) is 3.86. The Hall–Kier alpha value is -0.0100. The van der Waals surface area contributed by atoms with E-state index in [9.17, 15) is 4.79 Å². The normalized spacial score (nSPS) is 36.3. The van der Waals surface area contributed by atoms with Crippen molar-refractivity contribution in [1.29, 1.82) is 0 Å². The van der Waals surface area contributed by atoms with Crippen molar-refractivity contribution in [2.24, 2.45) is 11.8 Å². The van der Waals surface area contributed by atoms with E-state index in [2.05, 4.69) is 0 Å². The molecule has 0 aromatic carbocycles. The summed E-state index contributed by atoms with van der Waals surface area (Å²) in [4.78, 5) is 9.88. The van der Waals surface area contributed by atoms with Gasteiger partial charge in [-0.25, -0.2) is 0 Å². The Morgan fingerprint density at radius 2 is 2.00 bits per heavy atom. The van der Waals surface area contributed by atoms with Crippen LogP contribution in [0.4, 0.5) is 0 Å². The van der Waals surface area contributed by atoms with Crippen molar-refractivity contribution < 1.29 is 4.79 Å². The zero-order chi connectivity index (χ0) is 7.78. The van der Waals surface area contributed by atoms with E-state index in [1.54, 1.807) is 6.08 Å². The fraction of sp³-hybridized carbons (Fsp3) is 0.571. The summed E-state index contributed by atoms with van der Waals surface area (Å²) in [5.41, 5.74) is 0. The number of allylic oxidation sites excluding steroid dienone is 2. The second-order valence-corrected chi connectivity index (χ2v) is 3.95. The van der Waals surface area contributed by atoms with Crippen molar-refractivity contribution in [3.63, 3.8) is 0 Å². The summed E-state index contributed by atoms with van der Waals surface area (Å²) < 4.78 is -0.625. The summed E-state index contributed by atoms with van der Waals surface area (Å²) in [5.74, 6) is 0.424. The maximum absolute atomic E-state index is 9.88.